The molecule has 0 radical (unpaired) electrons. The molecule has 2 N–H and O–H groups in total. The van der Waals surface area contributed by atoms with E-state index in [2.05, 4.69) is 15.0 Å². The second-order valence-electron chi connectivity index (χ2n) is 5.36. The van der Waals surface area contributed by atoms with Gasteiger partial charge in [-0.1, -0.05) is 6.07 Å². The van der Waals surface area contributed by atoms with E-state index in [0.29, 0.717) is 17.1 Å². The van der Waals surface area contributed by atoms with Gasteiger partial charge in [0.05, 0.1) is 23.8 Å². The smallest absolute Gasteiger partial charge is 0.265 e. The lowest BCUT2D eigenvalue weighted by Gasteiger charge is -2.17. The minimum absolute atomic E-state index is 0.296. The summed E-state index contributed by atoms with van der Waals surface area (Å²) in [5.74, 6) is 0.0693. The van der Waals surface area contributed by atoms with Gasteiger partial charge in [-0.05, 0) is 43.7 Å². The summed E-state index contributed by atoms with van der Waals surface area (Å²) in [7, 11) is -3.46. The molecule has 2 rings (SSSR count). The van der Waals surface area contributed by atoms with Gasteiger partial charge in [0.2, 0.25) is 10.0 Å². The van der Waals surface area contributed by atoms with Gasteiger partial charge in [-0.2, -0.15) is 0 Å². The first-order valence-corrected chi connectivity index (χ1v) is 9.10. The quantitative estimate of drug-likeness (QED) is 0.833. The molecule has 24 heavy (non-hydrogen) atoms. The average molecular weight is 349 g/mol. The van der Waals surface area contributed by atoms with Crippen LogP contribution in [0.25, 0.3) is 0 Å². The molecule has 0 bridgehead atoms. The predicted octanol–water partition coefficient (Wildman–Crippen LogP) is 2.17. The van der Waals surface area contributed by atoms with Gasteiger partial charge in [0.15, 0.2) is 6.10 Å². The molecular formula is C16H19N3O4S. The summed E-state index contributed by atoms with van der Waals surface area (Å²) in [6.45, 7) is 3.44. The summed E-state index contributed by atoms with van der Waals surface area (Å²) in [6.07, 6.45) is 3.38. The van der Waals surface area contributed by atoms with E-state index in [1.165, 1.54) is 6.20 Å². The third-order valence-electron chi connectivity index (χ3n) is 3.04. The monoisotopic (exact) mass is 349 g/mol. The van der Waals surface area contributed by atoms with Crippen LogP contribution >= 0.6 is 0 Å². The van der Waals surface area contributed by atoms with Crippen LogP contribution in [0.5, 0.6) is 5.75 Å². The molecule has 0 saturated carbocycles. The third-order valence-corrected chi connectivity index (χ3v) is 3.64. The number of aryl methyl sites for hydroxylation is 1. The van der Waals surface area contributed by atoms with E-state index in [9.17, 15) is 13.2 Å². The summed E-state index contributed by atoms with van der Waals surface area (Å²) < 4.78 is 30.8. The number of aromatic nitrogens is 1. The Bertz CT molecular complexity index is 822. The number of ether oxygens (including phenoxy) is 1. The fraction of sp³-hybridized carbons (Fsp3) is 0.250. The zero-order chi connectivity index (χ0) is 17.7. The van der Waals surface area contributed by atoms with Crippen molar-refractivity contribution in [2.45, 2.75) is 20.0 Å². The van der Waals surface area contributed by atoms with Crippen molar-refractivity contribution in [3.8, 4) is 5.75 Å². The highest BCUT2D eigenvalue weighted by atomic mass is 32.2. The highest BCUT2D eigenvalue weighted by Gasteiger charge is 2.17. The zero-order valence-electron chi connectivity index (χ0n) is 13.6. The number of benzene rings is 1. The van der Waals surface area contributed by atoms with Crippen LogP contribution < -0.4 is 14.8 Å². The van der Waals surface area contributed by atoms with Crippen LogP contribution in [0.1, 0.15) is 12.5 Å². The first kappa shape index (κ1) is 17.7. The van der Waals surface area contributed by atoms with Crippen molar-refractivity contribution in [2.75, 3.05) is 16.3 Å². The van der Waals surface area contributed by atoms with Gasteiger partial charge in [-0.25, -0.2) is 8.42 Å². The number of carbonyl (C=O) groups excluding carboxylic acids is 1. The minimum Gasteiger partial charge on any atom is -0.479 e. The maximum Gasteiger partial charge on any atom is 0.265 e. The molecule has 1 atom stereocenters. The van der Waals surface area contributed by atoms with E-state index in [1.54, 1.807) is 43.5 Å². The molecule has 1 amide bonds. The van der Waals surface area contributed by atoms with E-state index in [4.69, 9.17) is 4.74 Å². The Morgan fingerprint density at radius 1 is 1.25 bits per heavy atom. The van der Waals surface area contributed by atoms with Crippen molar-refractivity contribution in [2.24, 2.45) is 0 Å². The SMILES string of the molecule is Cc1ccc(NS(C)(=O)=O)c(NC(=O)[C@H](C)Oc2cccnc2)c1. The first-order chi connectivity index (χ1) is 11.2. The van der Waals surface area contributed by atoms with Crippen LogP contribution in [0.3, 0.4) is 0 Å². The number of rotatable bonds is 6. The number of hydrogen-bond donors (Lipinski definition) is 2. The number of amides is 1. The highest BCUT2D eigenvalue weighted by molar-refractivity contribution is 7.92. The van der Waals surface area contributed by atoms with E-state index >= 15 is 0 Å². The lowest BCUT2D eigenvalue weighted by Crippen LogP contribution is -2.30. The van der Waals surface area contributed by atoms with Gasteiger partial charge in [0.25, 0.3) is 5.91 Å². The second kappa shape index (κ2) is 7.31. The Balaban J connectivity index is 2.14. The van der Waals surface area contributed by atoms with Gasteiger partial charge >= 0.3 is 0 Å². The summed E-state index contributed by atoms with van der Waals surface area (Å²) in [4.78, 5) is 16.2. The molecule has 0 saturated heterocycles. The van der Waals surface area contributed by atoms with Crippen LogP contribution in [-0.4, -0.2) is 31.7 Å². The van der Waals surface area contributed by atoms with Crippen molar-refractivity contribution in [1.82, 2.24) is 4.98 Å². The maximum absolute atomic E-state index is 12.3. The molecular weight excluding hydrogens is 330 g/mol. The van der Waals surface area contributed by atoms with E-state index in [-0.39, 0.29) is 0 Å². The van der Waals surface area contributed by atoms with E-state index < -0.39 is 22.0 Å². The van der Waals surface area contributed by atoms with Gasteiger partial charge in [0.1, 0.15) is 5.75 Å². The zero-order valence-corrected chi connectivity index (χ0v) is 14.4. The Kier molecular flexibility index (Phi) is 5.40. The summed E-state index contributed by atoms with van der Waals surface area (Å²) in [6, 6.07) is 8.42. The maximum atomic E-state index is 12.3. The van der Waals surface area contributed by atoms with Gasteiger partial charge < -0.3 is 10.1 Å². The number of sulfonamides is 1. The molecule has 1 heterocycles. The molecule has 1 aromatic heterocycles. The summed E-state index contributed by atoms with van der Waals surface area (Å²) in [5, 5.41) is 2.68. The van der Waals surface area contributed by atoms with Gasteiger partial charge in [-0.3, -0.25) is 14.5 Å². The van der Waals surface area contributed by atoms with Crippen LogP contribution in [0.4, 0.5) is 11.4 Å². The molecule has 2 aromatic rings. The Morgan fingerprint density at radius 2 is 2.00 bits per heavy atom. The third kappa shape index (κ3) is 5.24. The molecule has 0 aliphatic heterocycles. The molecule has 1 aromatic carbocycles. The number of pyridine rings is 1. The first-order valence-electron chi connectivity index (χ1n) is 7.20. The van der Waals surface area contributed by atoms with Gasteiger partial charge in [-0.15, -0.1) is 0 Å². The predicted molar refractivity (Wildman–Crippen MR) is 92.6 cm³/mol. The van der Waals surface area contributed by atoms with Crippen molar-refractivity contribution in [3.05, 3.63) is 48.3 Å². The molecule has 7 nitrogen and oxygen atoms in total. The largest absolute Gasteiger partial charge is 0.479 e. The lowest BCUT2D eigenvalue weighted by molar-refractivity contribution is -0.122. The fourth-order valence-corrected chi connectivity index (χ4v) is 2.54. The molecule has 8 heteroatoms. The van der Waals surface area contributed by atoms with Crippen molar-refractivity contribution < 1.29 is 17.9 Å². The molecule has 0 spiro atoms. The second-order valence-corrected chi connectivity index (χ2v) is 7.11. The standard InChI is InChI=1S/C16H19N3O4S/c1-11-6-7-14(19-24(3,21)22)15(9-11)18-16(20)12(2)23-13-5-4-8-17-10-13/h4-10,12,19H,1-3H3,(H,18,20)/t12-/m0/s1. The van der Waals surface area contributed by atoms with Crippen molar-refractivity contribution in [1.29, 1.82) is 0 Å². The Morgan fingerprint density at radius 3 is 2.62 bits per heavy atom. The lowest BCUT2D eigenvalue weighted by atomic mass is 10.2. The number of nitrogens with one attached hydrogen (secondary N) is 2. The number of hydrogen-bond acceptors (Lipinski definition) is 5. The summed E-state index contributed by atoms with van der Waals surface area (Å²) in [5.41, 5.74) is 1.54. The Labute approximate surface area is 141 Å². The van der Waals surface area contributed by atoms with Crippen LogP contribution in [0.15, 0.2) is 42.7 Å². The normalized spacial score (nSPS) is 12.3. The van der Waals surface area contributed by atoms with Crippen molar-refractivity contribution >= 4 is 27.3 Å². The topological polar surface area (TPSA) is 97.4 Å². The van der Waals surface area contributed by atoms with Crippen LogP contribution in [0, 0.1) is 6.92 Å². The minimum atomic E-state index is -3.46. The molecule has 0 aliphatic rings. The van der Waals surface area contributed by atoms with Crippen molar-refractivity contribution in [3.63, 3.8) is 0 Å². The van der Waals surface area contributed by atoms with E-state index in [0.717, 1.165) is 11.8 Å². The van der Waals surface area contributed by atoms with E-state index in [1.807, 2.05) is 6.92 Å². The number of carbonyl (C=O) groups is 1. The van der Waals surface area contributed by atoms with Gasteiger partial charge in [0, 0.05) is 6.20 Å². The average Bonchev–Trinajstić information content (AvgIpc) is 2.49. The Hall–Kier alpha value is -2.61. The molecule has 0 aliphatic carbocycles. The van der Waals surface area contributed by atoms with Crippen LogP contribution in [0.2, 0.25) is 0 Å². The van der Waals surface area contributed by atoms with Crippen LogP contribution in [-0.2, 0) is 14.8 Å². The fourth-order valence-electron chi connectivity index (χ4n) is 1.96. The number of nitrogens with zero attached hydrogens (tertiary/aromatic N) is 1. The molecule has 0 unspecified atom stereocenters. The molecule has 0 fully saturated rings. The summed E-state index contributed by atoms with van der Waals surface area (Å²) >= 11 is 0. The highest BCUT2D eigenvalue weighted by Crippen LogP contribution is 2.24. The molecule has 128 valence electrons. The number of anilines is 2.